The van der Waals surface area contributed by atoms with Crippen molar-refractivity contribution in [1.82, 2.24) is 14.9 Å². The van der Waals surface area contributed by atoms with Crippen LogP contribution < -0.4 is 10.0 Å². The molecule has 1 fully saturated rings. The van der Waals surface area contributed by atoms with Crippen LogP contribution in [0.15, 0.2) is 23.1 Å². The number of rotatable bonds is 5. The van der Waals surface area contributed by atoms with Crippen LogP contribution in [-0.2, 0) is 10.0 Å². The number of sulfonamides is 1. The Kier molecular flexibility index (Phi) is 5.78. The van der Waals surface area contributed by atoms with E-state index in [1.165, 1.54) is 0 Å². The molecule has 1 saturated heterocycles. The van der Waals surface area contributed by atoms with Gasteiger partial charge in [-0.25, -0.2) is 21.9 Å². The average Bonchev–Trinajstić information content (AvgIpc) is 2.49. The summed E-state index contributed by atoms with van der Waals surface area (Å²) in [5, 5.41) is 2.91. The zero-order valence-electron chi connectivity index (χ0n) is 12.4. The molecule has 5 nitrogen and oxygen atoms in total. The lowest BCUT2D eigenvalue weighted by molar-refractivity contribution is -0.182. The largest absolute Gasteiger partial charge is 0.405 e. The predicted molar refractivity (Wildman–Crippen MR) is 75.8 cm³/mol. The van der Waals surface area contributed by atoms with Gasteiger partial charge in [-0.05, 0) is 18.2 Å². The fraction of sp³-hybridized carbons (Fsp3) is 0.538. The minimum Gasteiger partial charge on any atom is -0.314 e. The van der Waals surface area contributed by atoms with Crippen LogP contribution in [0.5, 0.6) is 0 Å². The highest BCUT2D eigenvalue weighted by Gasteiger charge is 2.44. The number of halogens is 5. The van der Waals surface area contributed by atoms with Gasteiger partial charge in [-0.1, -0.05) is 0 Å². The fourth-order valence-electron chi connectivity index (χ4n) is 2.36. The van der Waals surface area contributed by atoms with E-state index in [2.05, 4.69) is 5.32 Å². The third-order valence-electron chi connectivity index (χ3n) is 3.64. The Balaban J connectivity index is 2.13. The molecule has 1 aromatic carbocycles. The van der Waals surface area contributed by atoms with E-state index < -0.39 is 45.3 Å². The van der Waals surface area contributed by atoms with Crippen molar-refractivity contribution in [2.75, 3.05) is 32.7 Å². The fourth-order valence-corrected chi connectivity index (χ4v) is 3.41. The Labute approximate surface area is 135 Å². The van der Waals surface area contributed by atoms with Crippen LogP contribution >= 0.6 is 0 Å². The van der Waals surface area contributed by atoms with Gasteiger partial charge in [-0.15, -0.1) is 0 Å². The van der Waals surface area contributed by atoms with Gasteiger partial charge in [0, 0.05) is 32.7 Å². The van der Waals surface area contributed by atoms with E-state index >= 15 is 0 Å². The molecule has 1 heterocycles. The molecule has 0 aromatic heterocycles. The summed E-state index contributed by atoms with van der Waals surface area (Å²) < 4.78 is 91.4. The maximum Gasteiger partial charge on any atom is 0.405 e. The molecule has 0 amide bonds. The zero-order chi connectivity index (χ0) is 18.0. The number of hydrogen-bond acceptors (Lipinski definition) is 4. The molecule has 2 N–H and O–H groups in total. The summed E-state index contributed by atoms with van der Waals surface area (Å²) in [5.74, 6) is -2.64. The van der Waals surface area contributed by atoms with Crippen LogP contribution in [0.1, 0.15) is 0 Å². The molecule has 11 heteroatoms. The molecule has 1 aromatic rings. The lowest BCUT2D eigenvalue weighted by Gasteiger charge is -2.35. The van der Waals surface area contributed by atoms with Crippen molar-refractivity contribution >= 4 is 10.0 Å². The summed E-state index contributed by atoms with van der Waals surface area (Å²) in [7, 11) is -4.39. The molecule has 1 aliphatic rings. The zero-order valence-corrected chi connectivity index (χ0v) is 13.2. The van der Waals surface area contributed by atoms with Crippen LogP contribution in [0.25, 0.3) is 0 Å². The highest BCUT2D eigenvalue weighted by molar-refractivity contribution is 7.89. The molecule has 0 spiro atoms. The van der Waals surface area contributed by atoms with Crippen molar-refractivity contribution in [2.24, 2.45) is 0 Å². The number of benzene rings is 1. The van der Waals surface area contributed by atoms with Gasteiger partial charge in [0.1, 0.15) is 6.04 Å². The molecule has 24 heavy (non-hydrogen) atoms. The highest BCUT2D eigenvalue weighted by atomic mass is 32.2. The molecular formula is C13H16F5N3O2S. The maximum atomic E-state index is 13.2. The molecule has 136 valence electrons. The summed E-state index contributed by atoms with van der Waals surface area (Å²) in [6.45, 7) is 0.0595. The summed E-state index contributed by atoms with van der Waals surface area (Å²) in [6, 6.07) is -0.194. The van der Waals surface area contributed by atoms with E-state index in [1.807, 2.05) is 4.72 Å². The number of piperazine rings is 1. The first kappa shape index (κ1) is 19.0. The van der Waals surface area contributed by atoms with Crippen molar-refractivity contribution in [1.29, 1.82) is 0 Å². The first-order valence-corrected chi connectivity index (χ1v) is 8.56. The van der Waals surface area contributed by atoms with Crippen LogP contribution in [0.4, 0.5) is 22.0 Å². The van der Waals surface area contributed by atoms with Gasteiger partial charge < -0.3 is 5.32 Å². The lowest BCUT2D eigenvalue weighted by Crippen LogP contribution is -2.57. The average molecular weight is 373 g/mol. The normalized spacial score (nSPS) is 18.5. The Morgan fingerprint density at radius 2 is 1.79 bits per heavy atom. The van der Waals surface area contributed by atoms with Gasteiger partial charge in [0.15, 0.2) is 11.6 Å². The van der Waals surface area contributed by atoms with Crippen molar-refractivity contribution in [2.45, 2.75) is 17.1 Å². The Hall–Kier alpha value is -1.30. The summed E-state index contributed by atoms with van der Waals surface area (Å²) in [6.07, 6.45) is -4.63. The second-order valence-corrected chi connectivity index (χ2v) is 7.04. The second-order valence-electron chi connectivity index (χ2n) is 5.27. The molecule has 0 radical (unpaired) electrons. The van der Waals surface area contributed by atoms with Crippen molar-refractivity contribution < 1.29 is 30.4 Å². The number of hydrogen-bond donors (Lipinski definition) is 2. The quantitative estimate of drug-likeness (QED) is 0.759. The predicted octanol–water partition coefficient (Wildman–Crippen LogP) is 1.08. The molecule has 0 saturated carbocycles. The molecular weight excluding hydrogens is 357 g/mol. The van der Waals surface area contributed by atoms with E-state index in [0.717, 1.165) is 11.0 Å². The molecule has 0 aliphatic carbocycles. The first-order chi connectivity index (χ1) is 11.1. The topological polar surface area (TPSA) is 61.4 Å². The second kappa shape index (κ2) is 7.30. The summed E-state index contributed by atoms with van der Waals surface area (Å²) >= 11 is 0. The molecule has 1 atom stereocenters. The minimum absolute atomic E-state index is 0.122. The Morgan fingerprint density at radius 3 is 2.33 bits per heavy atom. The summed E-state index contributed by atoms with van der Waals surface area (Å²) in [5.41, 5.74) is 0. The van der Waals surface area contributed by atoms with Gasteiger partial charge in [-0.3, -0.25) is 4.90 Å². The van der Waals surface area contributed by atoms with Gasteiger partial charge in [-0.2, -0.15) is 13.2 Å². The molecule has 0 bridgehead atoms. The number of nitrogens with one attached hydrogen (secondary N) is 2. The maximum absolute atomic E-state index is 13.2. The van der Waals surface area contributed by atoms with Crippen LogP contribution in [-0.4, -0.2) is 58.3 Å². The SMILES string of the molecule is O=S(=O)(NCC(N1CCNCC1)C(F)(F)F)c1ccc(F)c(F)c1. The minimum atomic E-state index is -4.63. The van der Waals surface area contributed by atoms with Crippen LogP contribution in [0.2, 0.25) is 0 Å². The van der Waals surface area contributed by atoms with Gasteiger partial charge >= 0.3 is 6.18 Å². The Bertz CT molecular complexity index is 675. The lowest BCUT2D eigenvalue weighted by atomic mass is 10.2. The van der Waals surface area contributed by atoms with E-state index in [-0.39, 0.29) is 13.1 Å². The van der Waals surface area contributed by atoms with Crippen molar-refractivity contribution in [3.05, 3.63) is 29.8 Å². The van der Waals surface area contributed by atoms with Gasteiger partial charge in [0.05, 0.1) is 4.90 Å². The van der Waals surface area contributed by atoms with Crippen molar-refractivity contribution in [3.8, 4) is 0 Å². The first-order valence-electron chi connectivity index (χ1n) is 7.07. The third kappa shape index (κ3) is 4.62. The van der Waals surface area contributed by atoms with E-state index in [1.54, 1.807) is 0 Å². The van der Waals surface area contributed by atoms with E-state index in [4.69, 9.17) is 0 Å². The van der Waals surface area contributed by atoms with Crippen molar-refractivity contribution in [3.63, 3.8) is 0 Å². The Morgan fingerprint density at radius 1 is 1.17 bits per heavy atom. The molecule has 1 aliphatic heterocycles. The monoisotopic (exact) mass is 373 g/mol. The van der Waals surface area contributed by atoms with E-state index in [9.17, 15) is 30.4 Å². The highest BCUT2D eigenvalue weighted by Crippen LogP contribution is 2.25. The number of alkyl halides is 3. The number of nitrogens with zero attached hydrogens (tertiary/aromatic N) is 1. The van der Waals surface area contributed by atoms with Gasteiger partial charge in [0.25, 0.3) is 0 Å². The molecule has 1 unspecified atom stereocenters. The summed E-state index contributed by atoms with van der Waals surface area (Å²) in [4.78, 5) is 0.493. The standard InChI is InChI=1S/C13H16F5N3O2S/c14-10-2-1-9(7-11(10)15)24(22,23)20-8-12(13(16,17)18)21-5-3-19-4-6-21/h1-2,7,12,19-20H,3-6,8H2. The van der Waals surface area contributed by atoms with Gasteiger partial charge in [0.2, 0.25) is 10.0 Å². The third-order valence-corrected chi connectivity index (χ3v) is 5.06. The van der Waals surface area contributed by atoms with Crippen LogP contribution in [0, 0.1) is 11.6 Å². The molecule has 2 rings (SSSR count). The smallest absolute Gasteiger partial charge is 0.314 e. The van der Waals surface area contributed by atoms with Crippen LogP contribution in [0.3, 0.4) is 0 Å². The van der Waals surface area contributed by atoms with E-state index in [0.29, 0.717) is 25.2 Å².